The van der Waals surface area contributed by atoms with Crippen molar-refractivity contribution in [3.05, 3.63) is 40.3 Å². The maximum absolute atomic E-state index is 12.4. The number of hydrogen-bond acceptors (Lipinski definition) is 3. The van der Waals surface area contributed by atoms with E-state index in [1.54, 1.807) is 24.3 Å². The second kappa shape index (κ2) is 5.86. The van der Waals surface area contributed by atoms with E-state index < -0.39 is 5.97 Å². The van der Waals surface area contributed by atoms with Crippen molar-refractivity contribution in [3.8, 4) is 0 Å². The van der Waals surface area contributed by atoms with Gasteiger partial charge in [-0.15, -0.1) is 0 Å². The lowest BCUT2D eigenvalue weighted by Gasteiger charge is -2.13. The highest BCUT2D eigenvalue weighted by Gasteiger charge is 2.16. The van der Waals surface area contributed by atoms with Crippen molar-refractivity contribution in [2.45, 2.75) is 33.2 Å². The largest absolute Gasteiger partial charge is 0.476 e. The molecule has 1 N–H and O–H groups in total. The number of aromatic nitrogens is 2. The van der Waals surface area contributed by atoms with Crippen molar-refractivity contribution in [2.75, 3.05) is 0 Å². The Balaban J connectivity index is 2.59. The number of rotatable bonds is 5. The van der Waals surface area contributed by atoms with Gasteiger partial charge in [-0.05, 0) is 18.4 Å². The Morgan fingerprint density at radius 3 is 2.60 bits per heavy atom. The molecule has 0 saturated heterocycles. The van der Waals surface area contributed by atoms with E-state index in [9.17, 15) is 14.7 Å². The van der Waals surface area contributed by atoms with Gasteiger partial charge in [0.2, 0.25) is 0 Å². The van der Waals surface area contributed by atoms with Crippen LogP contribution in [0.2, 0.25) is 0 Å². The summed E-state index contributed by atoms with van der Waals surface area (Å²) in [5.41, 5.74) is -0.294. The molecule has 2 rings (SSSR count). The van der Waals surface area contributed by atoms with Gasteiger partial charge in [0.05, 0.1) is 5.39 Å². The summed E-state index contributed by atoms with van der Waals surface area (Å²) in [7, 11) is 0. The molecule has 0 aliphatic heterocycles. The van der Waals surface area contributed by atoms with Gasteiger partial charge in [-0.3, -0.25) is 4.79 Å². The van der Waals surface area contributed by atoms with E-state index in [-0.39, 0.29) is 17.2 Å². The monoisotopic (exact) mass is 274 g/mol. The molecule has 0 spiro atoms. The third-order valence-corrected chi connectivity index (χ3v) is 3.34. The van der Waals surface area contributed by atoms with Crippen molar-refractivity contribution in [1.29, 1.82) is 0 Å². The summed E-state index contributed by atoms with van der Waals surface area (Å²) in [6.45, 7) is 4.56. The second-order valence-corrected chi connectivity index (χ2v) is 5.08. The molecular formula is C15H18N2O3. The summed E-state index contributed by atoms with van der Waals surface area (Å²) in [4.78, 5) is 23.7. The molecule has 0 amide bonds. The van der Waals surface area contributed by atoms with Gasteiger partial charge in [0, 0.05) is 11.9 Å². The van der Waals surface area contributed by atoms with E-state index >= 15 is 0 Å². The number of fused-ring (bicyclic) bond motifs is 1. The van der Waals surface area contributed by atoms with Crippen LogP contribution in [-0.4, -0.2) is 20.9 Å². The first-order valence-electron chi connectivity index (χ1n) is 6.77. The Kier molecular flexibility index (Phi) is 4.17. The van der Waals surface area contributed by atoms with Crippen LogP contribution in [0.3, 0.4) is 0 Å². The minimum atomic E-state index is -1.11. The summed E-state index contributed by atoms with van der Waals surface area (Å²) >= 11 is 0. The molecule has 20 heavy (non-hydrogen) atoms. The van der Waals surface area contributed by atoms with Gasteiger partial charge >= 0.3 is 5.97 Å². The molecule has 1 aromatic carbocycles. The Hall–Kier alpha value is -2.17. The summed E-state index contributed by atoms with van der Waals surface area (Å²) in [6, 6.07) is 6.70. The van der Waals surface area contributed by atoms with Gasteiger partial charge in [0.1, 0.15) is 0 Å². The van der Waals surface area contributed by atoms with Gasteiger partial charge in [0.25, 0.3) is 5.56 Å². The van der Waals surface area contributed by atoms with Gasteiger partial charge in [-0.2, -0.15) is 5.10 Å². The van der Waals surface area contributed by atoms with Crippen LogP contribution in [0.25, 0.3) is 10.8 Å². The zero-order chi connectivity index (χ0) is 14.7. The molecule has 5 nitrogen and oxygen atoms in total. The number of carbonyl (C=O) groups is 1. The number of carboxylic acid groups (broad SMARTS) is 1. The summed E-state index contributed by atoms with van der Waals surface area (Å²) < 4.78 is 1.28. The maximum atomic E-state index is 12.4. The number of nitrogens with zero attached hydrogens (tertiary/aromatic N) is 2. The molecule has 1 aromatic heterocycles. The van der Waals surface area contributed by atoms with Gasteiger partial charge in [-0.1, -0.05) is 38.5 Å². The topological polar surface area (TPSA) is 72.2 Å². The zero-order valence-electron chi connectivity index (χ0n) is 11.7. The molecule has 2 aromatic rings. The fourth-order valence-corrected chi connectivity index (χ4v) is 2.40. The van der Waals surface area contributed by atoms with Crippen LogP contribution in [0.15, 0.2) is 29.1 Å². The van der Waals surface area contributed by atoms with Crippen LogP contribution in [0.4, 0.5) is 0 Å². The molecule has 1 heterocycles. The fraction of sp³-hybridized carbons (Fsp3) is 0.400. The molecule has 0 bridgehead atoms. The molecule has 106 valence electrons. The van der Waals surface area contributed by atoms with Crippen LogP contribution in [-0.2, 0) is 6.54 Å². The van der Waals surface area contributed by atoms with Crippen molar-refractivity contribution in [3.63, 3.8) is 0 Å². The van der Waals surface area contributed by atoms with E-state index in [4.69, 9.17) is 0 Å². The fourth-order valence-electron chi connectivity index (χ4n) is 2.40. The van der Waals surface area contributed by atoms with Gasteiger partial charge in [0.15, 0.2) is 5.69 Å². The average Bonchev–Trinajstić information content (AvgIpc) is 2.42. The maximum Gasteiger partial charge on any atom is 0.357 e. The number of hydrogen-bond donors (Lipinski definition) is 1. The molecule has 5 heteroatoms. The summed E-state index contributed by atoms with van der Waals surface area (Å²) in [6.07, 6.45) is 2.00. The smallest absolute Gasteiger partial charge is 0.357 e. The SMILES string of the molecule is CCCC(C)Cn1nc(C(=O)O)c2ccccc2c1=O. The Bertz CT molecular complexity index is 691. The Labute approximate surface area is 116 Å². The zero-order valence-corrected chi connectivity index (χ0v) is 11.7. The third-order valence-electron chi connectivity index (χ3n) is 3.34. The first-order chi connectivity index (χ1) is 9.54. The van der Waals surface area contributed by atoms with Crippen LogP contribution >= 0.6 is 0 Å². The quantitative estimate of drug-likeness (QED) is 0.909. The minimum absolute atomic E-state index is 0.0658. The molecular weight excluding hydrogens is 256 g/mol. The predicted molar refractivity (Wildman–Crippen MR) is 77.0 cm³/mol. The molecule has 0 saturated carbocycles. The molecule has 0 radical (unpaired) electrons. The average molecular weight is 274 g/mol. The Morgan fingerprint density at radius 1 is 1.35 bits per heavy atom. The first-order valence-corrected chi connectivity index (χ1v) is 6.77. The normalized spacial score (nSPS) is 12.5. The van der Waals surface area contributed by atoms with E-state index in [1.165, 1.54) is 4.68 Å². The van der Waals surface area contributed by atoms with Crippen molar-refractivity contribution < 1.29 is 9.90 Å². The van der Waals surface area contributed by atoms with E-state index in [2.05, 4.69) is 12.0 Å². The lowest BCUT2D eigenvalue weighted by molar-refractivity contribution is 0.0689. The summed E-state index contributed by atoms with van der Waals surface area (Å²) in [5, 5.41) is 14.1. The summed E-state index contributed by atoms with van der Waals surface area (Å²) in [5.74, 6) is -0.828. The van der Waals surface area contributed by atoms with Crippen LogP contribution in [0, 0.1) is 5.92 Å². The highest BCUT2D eigenvalue weighted by molar-refractivity contribution is 6.01. The van der Waals surface area contributed by atoms with Crippen LogP contribution in [0.1, 0.15) is 37.2 Å². The first kappa shape index (κ1) is 14.2. The van der Waals surface area contributed by atoms with E-state index in [0.717, 1.165) is 12.8 Å². The van der Waals surface area contributed by atoms with E-state index in [1.807, 2.05) is 6.92 Å². The molecule has 0 aliphatic rings. The molecule has 1 unspecified atom stereocenters. The number of benzene rings is 1. The number of aromatic carboxylic acids is 1. The molecule has 1 atom stereocenters. The predicted octanol–water partition coefficient (Wildman–Crippen LogP) is 2.53. The molecule has 0 aliphatic carbocycles. The van der Waals surface area contributed by atoms with Crippen molar-refractivity contribution in [1.82, 2.24) is 9.78 Å². The highest BCUT2D eigenvalue weighted by atomic mass is 16.4. The minimum Gasteiger partial charge on any atom is -0.476 e. The Morgan fingerprint density at radius 2 is 2.00 bits per heavy atom. The van der Waals surface area contributed by atoms with Gasteiger partial charge in [-0.25, -0.2) is 9.48 Å². The van der Waals surface area contributed by atoms with E-state index in [0.29, 0.717) is 17.3 Å². The lowest BCUT2D eigenvalue weighted by Crippen LogP contribution is -2.28. The standard InChI is InChI=1S/C15H18N2O3/c1-3-6-10(2)9-17-14(18)12-8-5-4-7-11(12)13(16-17)15(19)20/h4-5,7-8,10H,3,6,9H2,1-2H3,(H,19,20). The van der Waals surface area contributed by atoms with Crippen molar-refractivity contribution >= 4 is 16.7 Å². The third kappa shape index (κ3) is 2.71. The lowest BCUT2D eigenvalue weighted by atomic mass is 10.1. The van der Waals surface area contributed by atoms with Crippen LogP contribution in [0.5, 0.6) is 0 Å². The van der Waals surface area contributed by atoms with Crippen LogP contribution < -0.4 is 5.56 Å². The molecule has 0 fully saturated rings. The second-order valence-electron chi connectivity index (χ2n) is 5.08. The van der Waals surface area contributed by atoms with Crippen molar-refractivity contribution in [2.24, 2.45) is 5.92 Å². The van der Waals surface area contributed by atoms with Gasteiger partial charge < -0.3 is 5.11 Å². The number of carboxylic acids is 1. The highest BCUT2D eigenvalue weighted by Crippen LogP contribution is 2.14.